The molecule has 0 unspecified atom stereocenters. The SMILES string of the molecule is COc1cn(CC(=O)Nc2cccc(Cl)c2)c(CSc2nnnn2C)cc1=O. The molecule has 3 rings (SSSR count). The van der Waals surface area contributed by atoms with Crippen molar-refractivity contribution in [2.45, 2.75) is 17.5 Å². The van der Waals surface area contributed by atoms with Crippen LogP contribution in [0.3, 0.4) is 0 Å². The van der Waals surface area contributed by atoms with Crippen molar-refractivity contribution in [3.8, 4) is 5.75 Å². The first-order chi connectivity index (χ1) is 13.5. The Morgan fingerprint density at radius 3 is 2.86 bits per heavy atom. The van der Waals surface area contributed by atoms with E-state index in [1.54, 1.807) is 35.9 Å². The van der Waals surface area contributed by atoms with Gasteiger partial charge in [0.2, 0.25) is 16.5 Å². The lowest BCUT2D eigenvalue weighted by Crippen LogP contribution is -2.22. The summed E-state index contributed by atoms with van der Waals surface area (Å²) < 4.78 is 8.29. The normalized spacial score (nSPS) is 10.7. The number of thioether (sulfide) groups is 1. The van der Waals surface area contributed by atoms with Crippen LogP contribution in [0.1, 0.15) is 5.69 Å². The molecule has 1 aromatic carbocycles. The van der Waals surface area contributed by atoms with Crippen LogP contribution in [0.5, 0.6) is 5.75 Å². The van der Waals surface area contributed by atoms with Crippen LogP contribution in [0.2, 0.25) is 5.02 Å². The predicted molar refractivity (Wildman–Crippen MR) is 106 cm³/mol. The number of halogens is 1. The molecule has 0 aliphatic heterocycles. The highest BCUT2D eigenvalue weighted by atomic mass is 35.5. The first-order valence-electron chi connectivity index (χ1n) is 8.14. The third-order valence-electron chi connectivity index (χ3n) is 3.76. The van der Waals surface area contributed by atoms with Gasteiger partial charge in [-0.2, -0.15) is 0 Å². The Bertz CT molecular complexity index is 1050. The highest BCUT2D eigenvalue weighted by Gasteiger charge is 2.13. The van der Waals surface area contributed by atoms with E-state index in [1.807, 2.05) is 0 Å². The second-order valence-electron chi connectivity index (χ2n) is 5.76. The van der Waals surface area contributed by atoms with Gasteiger partial charge in [-0.25, -0.2) is 4.68 Å². The third-order valence-corrected chi connectivity index (χ3v) is 5.03. The summed E-state index contributed by atoms with van der Waals surface area (Å²) in [4.78, 5) is 24.6. The summed E-state index contributed by atoms with van der Waals surface area (Å²) in [5.41, 5.74) is 0.965. The number of carbonyl (C=O) groups excluding carboxylic acids is 1. The van der Waals surface area contributed by atoms with Crippen molar-refractivity contribution in [3.05, 3.63) is 57.5 Å². The first kappa shape index (κ1) is 19.9. The Morgan fingerprint density at radius 2 is 2.18 bits per heavy atom. The molecule has 0 saturated heterocycles. The molecular weight excluding hydrogens is 404 g/mol. The van der Waals surface area contributed by atoms with E-state index in [1.165, 1.54) is 35.8 Å². The zero-order chi connectivity index (χ0) is 20.1. The van der Waals surface area contributed by atoms with Gasteiger partial charge in [-0.05, 0) is 28.6 Å². The van der Waals surface area contributed by atoms with Gasteiger partial charge in [-0.1, -0.05) is 29.4 Å². The molecule has 9 nitrogen and oxygen atoms in total. The smallest absolute Gasteiger partial charge is 0.244 e. The molecule has 0 fully saturated rings. The summed E-state index contributed by atoms with van der Waals surface area (Å²) in [7, 11) is 3.13. The van der Waals surface area contributed by atoms with E-state index in [0.29, 0.717) is 27.3 Å². The third kappa shape index (κ3) is 4.90. The van der Waals surface area contributed by atoms with Gasteiger partial charge in [0.1, 0.15) is 6.54 Å². The van der Waals surface area contributed by atoms with Crippen molar-refractivity contribution in [1.29, 1.82) is 0 Å². The molecule has 0 aliphatic rings. The van der Waals surface area contributed by atoms with E-state index in [2.05, 4.69) is 20.8 Å². The number of amides is 1. The zero-order valence-corrected chi connectivity index (χ0v) is 16.7. The Morgan fingerprint density at radius 1 is 1.36 bits per heavy atom. The van der Waals surface area contributed by atoms with Crippen molar-refractivity contribution < 1.29 is 9.53 Å². The zero-order valence-electron chi connectivity index (χ0n) is 15.1. The molecule has 0 bridgehead atoms. The van der Waals surface area contributed by atoms with Gasteiger partial charge in [-0.15, -0.1) is 5.10 Å². The monoisotopic (exact) mass is 420 g/mol. The molecule has 3 aromatic rings. The van der Waals surface area contributed by atoms with Gasteiger partial charge in [-0.3, -0.25) is 9.59 Å². The minimum absolute atomic E-state index is 0.00386. The number of methoxy groups -OCH3 is 1. The second-order valence-corrected chi connectivity index (χ2v) is 7.14. The topological polar surface area (TPSA) is 104 Å². The number of pyridine rings is 1. The number of nitrogens with one attached hydrogen (secondary N) is 1. The summed E-state index contributed by atoms with van der Waals surface area (Å²) in [5.74, 6) is 0.293. The van der Waals surface area contributed by atoms with Crippen molar-refractivity contribution in [2.24, 2.45) is 7.05 Å². The van der Waals surface area contributed by atoms with Gasteiger partial charge >= 0.3 is 0 Å². The van der Waals surface area contributed by atoms with Crippen molar-refractivity contribution in [3.63, 3.8) is 0 Å². The fraction of sp³-hybridized carbons (Fsp3) is 0.235. The maximum Gasteiger partial charge on any atom is 0.244 e. The molecule has 0 aliphatic carbocycles. The quantitative estimate of drug-likeness (QED) is 0.582. The van der Waals surface area contributed by atoms with Crippen LogP contribution in [-0.4, -0.2) is 37.8 Å². The van der Waals surface area contributed by atoms with Crippen LogP contribution in [0.4, 0.5) is 5.69 Å². The number of aromatic nitrogens is 5. The molecule has 146 valence electrons. The summed E-state index contributed by atoms with van der Waals surface area (Å²) in [6.45, 7) is -0.00386. The van der Waals surface area contributed by atoms with Crippen molar-refractivity contribution in [1.82, 2.24) is 24.8 Å². The second kappa shape index (κ2) is 8.89. The fourth-order valence-corrected chi connectivity index (χ4v) is 3.46. The van der Waals surface area contributed by atoms with Crippen LogP contribution >= 0.6 is 23.4 Å². The molecular formula is C17H17ClN6O3S. The number of aryl methyl sites for hydroxylation is 1. The number of hydrogen-bond acceptors (Lipinski definition) is 7. The molecule has 0 atom stereocenters. The van der Waals surface area contributed by atoms with E-state index in [4.69, 9.17) is 16.3 Å². The molecule has 0 saturated carbocycles. The molecule has 2 heterocycles. The van der Waals surface area contributed by atoms with Gasteiger partial charge in [0, 0.05) is 35.3 Å². The van der Waals surface area contributed by atoms with Crippen LogP contribution in [0.15, 0.2) is 46.5 Å². The van der Waals surface area contributed by atoms with Gasteiger partial charge in [0.15, 0.2) is 5.75 Å². The van der Waals surface area contributed by atoms with Crippen molar-refractivity contribution in [2.75, 3.05) is 12.4 Å². The minimum atomic E-state index is -0.264. The lowest BCUT2D eigenvalue weighted by Gasteiger charge is -2.14. The number of ether oxygens (including phenoxy) is 1. The molecule has 0 radical (unpaired) electrons. The molecule has 11 heteroatoms. The first-order valence-corrected chi connectivity index (χ1v) is 9.50. The summed E-state index contributed by atoms with van der Waals surface area (Å²) in [6, 6.07) is 8.32. The predicted octanol–water partition coefficient (Wildman–Crippen LogP) is 1.96. The molecule has 2 aromatic heterocycles. The number of hydrogen-bond donors (Lipinski definition) is 1. The summed E-state index contributed by atoms with van der Waals surface area (Å²) in [5, 5.41) is 15.2. The van der Waals surface area contributed by atoms with E-state index in [-0.39, 0.29) is 23.6 Å². The average Bonchev–Trinajstić information content (AvgIpc) is 3.06. The van der Waals surface area contributed by atoms with Crippen molar-refractivity contribution >= 4 is 35.0 Å². The van der Waals surface area contributed by atoms with Crippen LogP contribution in [-0.2, 0) is 24.1 Å². The number of carbonyl (C=O) groups is 1. The highest BCUT2D eigenvalue weighted by molar-refractivity contribution is 7.98. The standard InChI is InChI=1S/C17H17ClN6O3S/c1-23-17(20-21-22-23)28-10-13-7-14(25)15(27-2)8-24(13)9-16(26)19-12-5-3-4-11(18)6-12/h3-8H,9-10H2,1-2H3,(H,19,26). The van der Waals surface area contributed by atoms with Crippen LogP contribution in [0, 0.1) is 0 Å². The Hall–Kier alpha value is -2.85. The summed E-state index contributed by atoms with van der Waals surface area (Å²) >= 11 is 7.30. The summed E-state index contributed by atoms with van der Waals surface area (Å²) in [6.07, 6.45) is 1.52. The lowest BCUT2D eigenvalue weighted by atomic mass is 10.3. The number of anilines is 1. The maximum absolute atomic E-state index is 12.5. The van der Waals surface area contributed by atoms with Gasteiger partial charge in [0.25, 0.3) is 0 Å². The largest absolute Gasteiger partial charge is 0.491 e. The van der Waals surface area contributed by atoms with Crippen LogP contribution < -0.4 is 15.5 Å². The van der Waals surface area contributed by atoms with Crippen LogP contribution in [0.25, 0.3) is 0 Å². The maximum atomic E-state index is 12.5. The number of rotatable bonds is 7. The van der Waals surface area contributed by atoms with E-state index in [0.717, 1.165) is 0 Å². The molecule has 28 heavy (non-hydrogen) atoms. The fourth-order valence-electron chi connectivity index (χ4n) is 2.42. The van der Waals surface area contributed by atoms with E-state index < -0.39 is 0 Å². The molecule has 0 spiro atoms. The van der Waals surface area contributed by atoms with E-state index >= 15 is 0 Å². The van der Waals surface area contributed by atoms with Gasteiger partial charge < -0.3 is 14.6 Å². The Kier molecular flexibility index (Phi) is 6.32. The highest BCUT2D eigenvalue weighted by Crippen LogP contribution is 2.20. The Balaban J connectivity index is 1.80. The number of tetrazole rings is 1. The molecule has 1 amide bonds. The van der Waals surface area contributed by atoms with Gasteiger partial charge in [0.05, 0.1) is 13.3 Å². The number of benzene rings is 1. The lowest BCUT2D eigenvalue weighted by molar-refractivity contribution is -0.116. The number of nitrogens with zero attached hydrogens (tertiary/aromatic N) is 5. The molecule has 1 N–H and O–H groups in total. The average molecular weight is 421 g/mol. The van der Waals surface area contributed by atoms with E-state index in [9.17, 15) is 9.59 Å². The Labute approximate surface area is 169 Å². The minimum Gasteiger partial charge on any atom is -0.491 e.